The first-order valence-corrected chi connectivity index (χ1v) is 5.51. The van der Waals surface area contributed by atoms with Crippen LogP contribution in [0, 0.1) is 6.92 Å². The number of aryl methyl sites for hydroxylation is 1. The Hall–Kier alpha value is -1.36. The van der Waals surface area contributed by atoms with Gasteiger partial charge < -0.3 is 15.2 Å². The van der Waals surface area contributed by atoms with E-state index in [0.717, 1.165) is 5.69 Å². The number of nitrogens with zero attached hydrogens (tertiary/aromatic N) is 2. The van der Waals surface area contributed by atoms with Gasteiger partial charge in [0.05, 0.1) is 6.61 Å². The molecule has 5 nitrogen and oxygen atoms in total. The van der Waals surface area contributed by atoms with Gasteiger partial charge in [-0.15, -0.1) is 0 Å². The van der Waals surface area contributed by atoms with Gasteiger partial charge in [0.2, 0.25) is 11.8 Å². The zero-order chi connectivity index (χ0) is 12.0. The van der Waals surface area contributed by atoms with Gasteiger partial charge in [0.1, 0.15) is 0 Å². The summed E-state index contributed by atoms with van der Waals surface area (Å²) in [5.74, 6) is 1.12. The van der Waals surface area contributed by atoms with E-state index in [9.17, 15) is 0 Å². The van der Waals surface area contributed by atoms with E-state index in [2.05, 4.69) is 15.3 Å². The molecule has 0 spiro atoms. The summed E-state index contributed by atoms with van der Waals surface area (Å²) in [6.07, 6.45) is 0.668. The van der Waals surface area contributed by atoms with Gasteiger partial charge in [-0.2, -0.15) is 4.98 Å². The van der Waals surface area contributed by atoms with Crippen molar-refractivity contribution >= 4 is 5.95 Å². The Kier molecular flexibility index (Phi) is 4.98. The Morgan fingerprint density at radius 1 is 1.50 bits per heavy atom. The van der Waals surface area contributed by atoms with Gasteiger partial charge in [-0.05, 0) is 27.2 Å². The van der Waals surface area contributed by atoms with Crippen LogP contribution in [0.5, 0.6) is 5.88 Å². The molecule has 90 valence electrons. The molecule has 0 fully saturated rings. The molecule has 0 bridgehead atoms. The summed E-state index contributed by atoms with van der Waals surface area (Å²) in [4.78, 5) is 8.47. The van der Waals surface area contributed by atoms with Crippen LogP contribution >= 0.6 is 0 Å². The van der Waals surface area contributed by atoms with Crippen LogP contribution in [-0.2, 0) is 0 Å². The van der Waals surface area contributed by atoms with E-state index in [-0.39, 0.29) is 12.6 Å². The molecule has 1 aromatic rings. The van der Waals surface area contributed by atoms with Crippen molar-refractivity contribution in [1.82, 2.24) is 9.97 Å². The van der Waals surface area contributed by atoms with Crippen LogP contribution in [0.25, 0.3) is 0 Å². The van der Waals surface area contributed by atoms with Crippen molar-refractivity contribution in [1.29, 1.82) is 0 Å². The lowest BCUT2D eigenvalue weighted by atomic mass is 10.2. The lowest BCUT2D eigenvalue weighted by molar-refractivity contribution is 0.282. The molecule has 0 saturated heterocycles. The van der Waals surface area contributed by atoms with E-state index in [0.29, 0.717) is 24.9 Å². The van der Waals surface area contributed by atoms with Gasteiger partial charge in [0, 0.05) is 24.4 Å². The van der Waals surface area contributed by atoms with E-state index in [1.807, 2.05) is 20.8 Å². The minimum absolute atomic E-state index is 0.140. The maximum absolute atomic E-state index is 8.80. The van der Waals surface area contributed by atoms with Crippen LogP contribution < -0.4 is 10.1 Å². The number of anilines is 1. The van der Waals surface area contributed by atoms with Gasteiger partial charge in [-0.1, -0.05) is 0 Å². The Labute approximate surface area is 95.9 Å². The van der Waals surface area contributed by atoms with Crippen molar-refractivity contribution in [3.8, 4) is 5.88 Å². The second kappa shape index (κ2) is 6.27. The van der Waals surface area contributed by atoms with Crippen LogP contribution in [0.15, 0.2) is 6.07 Å². The summed E-state index contributed by atoms with van der Waals surface area (Å²) in [5.41, 5.74) is 0.858. The molecule has 16 heavy (non-hydrogen) atoms. The van der Waals surface area contributed by atoms with Gasteiger partial charge in [-0.3, -0.25) is 0 Å². The average molecular weight is 225 g/mol. The normalized spacial score (nSPS) is 12.2. The van der Waals surface area contributed by atoms with E-state index < -0.39 is 0 Å². The van der Waals surface area contributed by atoms with Gasteiger partial charge in [0.15, 0.2) is 0 Å². The topological polar surface area (TPSA) is 67.3 Å². The highest BCUT2D eigenvalue weighted by Crippen LogP contribution is 2.12. The second-order valence-corrected chi connectivity index (χ2v) is 3.66. The Morgan fingerprint density at radius 3 is 2.88 bits per heavy atom. The second-order valence-electron chi connectivity index (χ2n) is 3.66. The molecular formula is C11H19N3O2. The summed E-state index contributed by atoms with van der Waals surface area (Å²) in [5, 5.41) is 11.9. The maximum atomic E-state index is 8.80. The summed E-state index contributed by atoms with van der Waals surface area (Å²) in [6.45, 7) is 6.52. The highest BCUT2D eigenvalue weighted by Gasteiger charge is 2.06. The van der Waals surface area contributed by atoms with Crippen molar-refractivity contribution in [3.05, 3.63) is 11.8 Å². The van der Waals surface area contributed by atoms with E-state index in [1.165, 1.54) is 0 Å². The van der Waals surface area contributed by atoms with Crippen LogP contribution in [0.4, 0.5) is 5.95 Å². The molecule has 0 saturated carbocycles. The molecule has 0 aliphatic rings. The SMILES string of the molecule is CCOc1cc(C)nc(NC(C)CCO)n1. The lowest BCUT2D eigenvalue weighted by Crippen LogP contribution is -2.18. The standard InChI is InChI=1S/C11H19N3O2/c1-4-16-10-7-9(3)13-11(14-10)12-8(2)5-6-15/h7-8,15H,4-6H2,1-3H3,(H,12,13,14). The number of aliphatic hydroxyl groups excluding tert-OH is 1. The fraction of sp³-hybridized carbons (Fsp3) is 0.636. The third-order valence-corrected chi connectivity index (χ3v) is 2.06. The van der Waals surface area contributed by atoms with Gasteiger partial charge in [-0.25, -0.2) is 4.98 Å². The molecule has 0 aromatic carbocycles. The largest absolute Gasteiger partial charge is 0.478 e. The minimum Gasteiger partial charge on any atom is -0.478 e. The molecule has 0 radical (unpaired) electrons. The first-order valence-electron chi connectivity index (χ1n) is 5.51. The third-order valence-electron chi connectivity index (χ3n) is 2.06. The van der Waals surface area contributed by atoms with Gasteiger partial charge in [0.25, 0.3) is 0 Å². The molecule has 0 aliphatic heterocycles. The minimum atomic E-state index is 0.140. The first-order chi connectivity index (χ1) is 7.65. The third kappa shape index (κ3) is 4.02. The van der Waals surface area contributed by atoms with Crippen LogP contribution in [-0.4, -0.2) is 34.3 Å². The quantitative estimate of drug-likeness (QED) is 0.765. The molecule has 0 aliphatic carbocycles. The fourth-order valence-electron chi connectivity index (χ4n) is 1.31. The predicted octanol–water partition coefficient (Wildman–Crippen LogP) is 1.37. The molecule has 1 atom stereocenters. The number of aromatic nitrogens is 2. The molecule has 1 rings (SSSR count). The summed E-state index contributed by atoms with van der Waals surface area (Å²) >= 11 is 0. The Balaban J connectivity index is 2.71. The molecule has 0 amide bonds. The number of ether oxygens (including phenoxy) is 1. The van der Waals surface area contributed by atoms with E-state index in [4.69, 9.17) is 9.84 Å². The summed E-state index contributed by atoms with van der Waals surface area (Å²) in [7, 11) is 0. The lowest BCUT2D eigenvalue weighted by Gasteiger charge is -2.13. The summed E-state index contributed by atoms with van der Waals surface area (Å²) in [6, 6.07) is 1.94. The number of hydrogen-bond acceptors (Lipinski definition) is 5. The van der Waals surface area contributed by atoms with Crippen molar-refractivity contribution < 1.29 is 9.84 Å². The molecule has 2 N–H and O–H groups in total. The highest BCUT2D eigenvalue weighted by atomic mass is 16.5. The fourth-order valence-corrected chi connectivity index (χ4v) is 1.31. The predicted molar refractivity (Wildman–Crippen MR) is 62.7 cm³/mol. The van der Waals surface area contributed by atoms with E-state index >= 15 is 0 Å². The zero-order valence-corrected chi connectivity index (χ0v) is 10.0. The zero-order valence-electron chi connectivity index (χ0n) is 10.0. The highest BCUT2D eigenvalue weighted by molar-refractivity contribution is 5.31. The molecule has 1 unspecified atom stereocenters. The molecule has 1 heterocycles. The molecule has 1 aromatic heterocycles. The molecule has 5 heteroatoms. The monoisotopic (exact) mass is 225 g/mol. The van der Waals surface area contributed by atoms with Gasteiger partial charge >= 0.3 is 0 Å². The number of hydrogen-bond donors (Lipinski definition) is 2. The Morgan fingerprint density at radius 2 is 2.25 bits per heavy atom. The number of nitrogens with one attached hydrogen (secondary N) is 1. The van der Waals surface area contributed by atoms with Crippen molar-refractivity contribution in [2.45, 2.75) is 33.2 Å². The average Bonchev–Trinajstić information content (AvgIpc) is 2.17. The number of aliphatic hydroxyl groups is 1. The molecular weight excluding hydrogens is 206 g/mol. The smallest absolute Gasteiger partial charge is 0.226 e. The van der Waals surface area contributed by atoms with Crippen molar-refractivity contribution in [2.24, 2.45) is 0 Å². The first kappa shape index (κ1) is 12.7. The van der Waals surface area contributed by atoms with Crippen molar-refractivity contribution in [3.63, 3.8) is 0 Å². The number of rotatable bonds is 6. The van der Waals surface area contributed by atoms with Crippen LogP contribution in [0.1, 0.15) is 26.0 Å². The summed E-state index contributed by atoms with van der Waals surface area (Å²) < 4.78 is 5.33. The maximum Gasteiger partial charge on any atom is 0.226 e. The van der Waals surface area contributed by atoms with Crippen LogP contribution in [0.3, 0.4) is 0 Å². The Bertz CT molecular complexity index is 331. The van der Waals surface area contributed by atoms with Crippen molar-refractivity contribution in [2.75, 3.05) is 18.5 Å². The van der Waals surface area contributed by atoms with Crippen LogP contribution in [0.2, 0.25) is 0 Å². The van der Waals surface area contributed by atoms with E-state index in [1.54, 1.807) is 6.07 Å².